The Hall–Kier alpha value is -0.780. The summed E-state index contributed by atoms with van der Waals surface area (Å²) in [6, 6.07) is 0.613. The molecule has 2 unspecified atom stereocenters. The fourth-order valence-electron chi connectivity index (χ4n) is 2.47. The Bertz CT molecular complexity index is 393. The van der Waals surface area contributed by atoms with Gasteiger partial charge in [0.15, 0.2) is 6.29 Å². The molecule has 0 radical (unpaired) electrons. The third kappa shape index (κ3) is 1.79. The monoisotopic (exact) mass is 238 g/mol. The van der Waals surface area contributed by atoms with Gasteiger partial charge in [-0.2, -0.15) is 0 Å². The molecule has 0 N–H and O–H groups in total. The largest absolute Gasteiger partial charge is 0.368 e. The first-order valence-electron chi connectivity index (χ1n) is 5.63. The van der Waals surface area contributed by atoms with Crippen LogP contribution in [-0.2, 0) is 4.74 Å². The van der Waals surface area contributed by atoms with Crippen LogP contribution < -0.4 is 0 Å². The van der Waals surface area contributed by atoms with Crippen LogP contribution in [0, 0.1) is 0 Å². The van der Waals surface area contributed by atoms with Gasteiger partial charge in [0.2, 0.25) is 0 Å². The topological polar surface area (TPSA) is 42.4 Å². The molecule has 5 heteroatoms. The van der Waals surface area contributed by atoms with E-state index in [1.165, 1.54) is 30.7 Å². The van der Waals surface area contributed by atoms with Gasteiger partial charge in [-0.1, -0.05) is 0 Å². The molecule has 2 atom stereocenters. The van der Waals surface area contributed by atoms with Gasteiger partial charge in [-0.25, -0.2) is 4.98 Å². The number of thiazole rings is 1. The highest BCUT2D eigenvalue weighted by molar-refractivity contribution is 7.13. The standard InChI is InChI=1S/C11H14N2O2S/c14-6-9-4-12-11(16-9)10-5-13-3-1-2-8(13)7-15-10/h4,6,8,10H,1-3,5,7H2. The highest BCUT2D eigenvalue weighted by Gasteiger charge is 2.33. The van der Waals surface area contributed by atoms with Crippen molar-refractivity contribution in [1.29, 1.82) is 0 Å². The maximum atomic E-state index is 10.6. The van der Waals surface area contributed by atoms with Gasteiger partial charge in [-0.3, -0.25) is 9.69 Å². The number of nitrogens with zero attached hydrogens (tertiary/aromatic N) is 2. The molecule has 86 valence electrons. The van der Waals surface area contributed by atoms with E-state index in [9.17, 15) is 4.79 Å². The first-order chi connectivity index (χ1) is 7.86. The smallest absolute Gasteiger partial charge is 0.161 e. The molecule has 0 aliphatic carbocycles. The molecule has 1 aromatic rings. The summed E-state index contributed by atoms with van der Waals surface area (Å²) >= 11 is 1.44. The van der Waals surface area contributed by atoms with Gasteiger partial charge in [0, 0.05) is 18.8 Å². The van der Waals surface area contributed by atoms with E-state index >= 15 is 0 Å². The Morgan fingerprint density at radius 3 is 3.38 bits per heavy atom. The van der Waals surface area contributed by atoms with Crippen molar-refractivity contribution >= 4 is 17.6 Å². The summed E-state index contributed by atoms with van der Waals surface area (Å²) in [7, 11) is 0. The summed E-state index contributed by atoms with van der Waals surface area (Å²) in [5.41, 5.74) is 0. The van der Waals surface area contributed by atoms with E-state index in [1.807, 2.05) is 0 Å². The van der Waals surface area contributed by atoms with Crippen LogP contribution in [0.3, 0.4) is 0 Å². The van der Waals surface area contributed by atoms with Gasteiger partial charge in [0.1, 0.15) is 11.1 Å². The summed E-state index contributed by atoms with van der Waals surface area (Å²) in [4.78, 5) is 18.0. The molecule has 2 fully saturated rings. The predicted octanol–water partition coefficient (Wildman–Crippen LogP) is 1.49. The van der Waals surface area contributed by atoms with Crippen LogP contribution in [0.5, 0.6) is 0 Å². The quantitative estimate of drug-likeness (QED) is 0.732. The van der Waals surface area contributed by atoms with Crippen molar-refractivity contribution in [2.24, 2.45) is 0 Å². The van der Waals surface area contributed by atoms with Gasteiger partial charge < -0.3 is 4.74 Å². The van der Waals surface area contributed by atoms with Crippen molar-refractivity contribution in [3.8, 4) is 0 Å². The summed E-state index contributed by atoms with van der Waals surface area (Å²) in [5, 5.41) is 0.937. The second-order valence-corrected chi connectivity index (χ2v) is 5.43. The number of carbonyl (C=O) groups excluding carboxylic acids is 1. The molecular formula is C11H14N2O2S. The number of hydrogen-bond donors (Lipinski definition) is 0. The molecule has 0 amide bonds. The zero-order valence-electron chi connectivity index (χ0n) is 8.96. The maximum absolute atomic E-state index is 10.6. The predicted molar refractivity (Wildman–Crippen MR) is 60.8 cm³/mol. The zero-order valence-corrected chi connectivity index (χ0v) is 9.78. The first-order valence-corrected chi connectivity index (χ1v) is 6.45. The average molecular weight is 238 g/mol. The lowest BCUT2D eigenvalue weighted by Gasteiger charge is -2.34. The number of morpholine rings is 1. The SMILES string of the molecule is O=Cc1cnc(C2CN3CCCC3CO2)s1. The molecule has 0 aromatic carbocycles. The van der Waals surface area contributed by atoms with Crippen molar-refractivity contribution < 1.29 is 9.53 Å². The maximum Gasteiger partial charge on any atom is 0.161 e. The lowest BCUT2D eigenvalue weighted by molar-refractivity contribution is -0.0502. The van der Waals surface area contributed by atoms with E-state index < -0.39 is 0 Å². The van der Waals surface area contributed by atoms with Crippen LogP contribution in [0.15, 0.2) is 6.20 Å². The Morgan fingerprint density at radius 1 is 1.62 bits per heavy atom. The van der Waals surface area contributed by atoms with Crippen LogP contribution in [0.2, 0.25) is 0 Å². The number of aromatic nitrogens is 1. The molecule has 3 rings (SSSR count). The molecule has 2 aliphatic rings. The Morgan fingerprint density at radius 2 is 2.56 bits per heavy atom. The Labute approximate surface area is 98.2 Å². The van der Waals surface area contributed by atoms with Crippen molar-refractivity contribution in [1.82, 2.24) is 9.88 Å². The van der Waals surface area contributed by atoms with E-state index in [-0.39, 0.29) is 6.10 Å². The van der Waals surface area contributed by atoms with Crippen molar-refractivity contribution in [2.75, 3.05) is 19.7 Å². The summed E-state index contributed by atoms with van der Waals surface area (Å²) in [6.07, 6.45) is 5.07. The molecule has 2 saturated heterocycles. The van der Waals surface area contributed by atoms with Crippen LogP contribution in [0.25, 0.3) is 0 Å². The van der Waals surface area contributed by atoms with Crippen LogP contribution in [0.1, 0.15) is 33.6 Å². The van der Waals surface area contributed by atoms with Gasteiger partial charge in [-0.15, -0.1) is 11.3 Å². The Balaban J connectivity index is 1.73. The number of rotatable bonds is 2. The number of aldehydes is 1. The number of carbonyl (C=O) groups is 1. The molecule has 0 spiro atoms. The summed E-state index contributed by atoms with van der Waals surface area (Å²) < 4.78 is 5.83. The van der Waals surface area contributed by atoms with Crippen LogP contribution in [-0.4, -0.2) is 41.9 Å². The van der Waals surface area contributed by atoms with Crippen LogP contribution >= 0.6 is 11.3 Å². The summed E-state index contributed by atoms with van der Waals surface area (Å²) in [5.74, 6) is 0. The van der Waals surface area contributed by atoms with Crippen molar-refractivity contribution in [2.45, 2.75) is 25.0 Å². The van der Waals surface area contributed by atoms with Gasteiger partial charge in [0.25, 0.3) is 0 Å². The van der Waals surface area contributed by atoms with E-state index in [0.717, 1.165) is 24.4 Å². The number of ether oxygens (including phenoxy) is 1. The second-order valence-electron chi connectivity index (χ2n) is 4.33. The van der Waals surface area contributed by atoms with Gasteiger partial charge in [-0.05, 0) is 19.4 Å². The minimum atomic E-state index is 0.0630. The van der Waals surface area contributed by atoms with E-state index in [2.05, 4.69) is 9.88 Å². The van der Waals surface area contributed by atoms with Gasteiger partial charge >= 0.3 is 0 Å². The minimum Gasteiger partial charge on any atom is -0.368 e. The normalized spacial score (nSPS) is 30.2. The van der Waals surface area contributed by atoms with Crippen molar-refractivity contribution in [3.63, 3.8) is 0 Å². The molecule has 3 heterocycles. The molecule has 0 bridgehead atoms. The van der Waals surface area contributed by atoms with E-state index in [0.29, 0.717) is 10.9 Å². The molecule has 1 aromatic heterocycles. The minimum absolute atomic E-state index is 0.0630. The lowest BCUT2D eigenvalue weighted by Crippen LogP contribution is -2.42. The summed E-state index contributed by atoms with van der Waals surface area (Å²) in [6.45, 7) is 2.91. The highest BCUT2D eigenvalue weighted by atomic mass is 32.1. The average Bonchev–Trinajstić information content (AvgIpc) is 2.96. The number of hydrogen-bond acceptors (Lipinski definition) is 5. The molecular weight excluding hydrogens is 224 g/mol. The second kappa shape index (κ2) is 4.24. The molecule has 16 heavy (non-hydrogen) atoms. The lowest BCUT2D eigenvalue weighted by atomic mass is 10.2. The first kappa shape index (κ1) is 10.4. The van der Waals surface area contributed by atoms with Crippen LogP contribution in [0.4, 0.5) is 0 Å². The highest BCUT2D eigenvalue weighted by Crippen LogP contribution is 2.31. The fraction of sp³-hybridized carbons (Fsp3) is 0.636. The molecule has 4 nitrogen and oxygen atoms in total. The fourth-order valence-corrected chi connectivity index (χ4v) is 3.25. The van der Waals surface area contributed by atoms with E-state index in [4.69, 9.17) is 4.74 Å². The third-order valence-corrected chi connectivity index (χ3v) is 4.34. The van der Waals surface area contributed by atoms with Crippen molar-refractivity contribution in [3.05, 3.63) is 16.1 Å². The molecule has 0 saturated carbocycles. The molecule has 2 aliphatic heterocycles. The third-order valence-electron chi connectivity index (χ3n) is 3.32. The Kier molecular flexibility index (Phi) is 2.75. The zero-order chi connectivity index (χ0) is 11.0. The van der Waals surface area contributed by atoms with E-state index in [1.54, 1.807) is 6.20 Å². The van der Waals surface area contributed by atoms with Gasteiger partial charge in [0.05, 0.1) is 11.5 Å². The number of fused-ring (bicyclic) bond motifs is 1.